The fraction of sp³-hybridized carbons (Fsp3) is 0.267. The molecule has 0 radical (unpaired) electrons. The van der Waals surface area contributed by atoms with Crippen molar-refractivity contribution < 1.29 is 28.9 Å². The number of methoxy groups -OCH3 is 3. The molecule has 24 heavy (non-hydrogen) atoms. The van der Waals surface area contributed by atoms with E-state index in [1.165, 1.54) is 32.8 Å². The van der Waals surface area contributed by atoms with Crippen molar-refractivity contribution in [2.45, 2.75) is 6.54 Å². The van der Waals surface area contributed by atoms with Gasteiger partial charge in [0.15, 0.2) is 17.2 Å². The Kier molecular flexibility index (Phi) is 5.59. The SMILES string of the molecule is COc1cc(OC)c(C(=O)NCc2nc(C(=O)O)cs2)cc1OC. The second-order valence-electron chi connectivity index (χ2n) is 4.52. The van der Waals surface area contributed by atoms with Crippen LogP contribution in [0.3, 0.4) is 0 Å². The lowest BCUT2D eigenvalue weighted by atomic mass is 10.1. The summed E-state index contributed by atoms with van der Waals surface area (Å²) >= 11 is 1.16. The number of carboxylic acid groups (broad SMARTS) is 1. The van der Waals surface area contributed by atoms with Crippen LogP contribution in [0.25, 0.3) is 0 Å². The van der Waals surface area contributed by atoms with E-state index < -0.39 is 11.9 Å². The molecule has 0 saturated heterocycles. The van der Waals surface area contributed by atoms with Gasteiger partial charge in [-0.15, -0.1) is 11.3 Å². The third-order valence-electron chi connectivity index (χ3n) is 3.12. The van der Waals surface area contributed by atoms with Gasteiger partial charge < -0.3 is 24.6 Å². The van der Waals surface area contributed by atoms with Crippen molar-refractivity contribution in [3.8, 4) is 17.2 Å². The average Bonchev–Trinajstić information content (AvgIpc) is 3.07. The molecule has 0 spiro atoms. The summed E-state index contributed by atoms with van der Waals surface area (Å²) in [5.41, 5.74) is 0.220. The summed E-state index contributed by atoms with van der Waals surface area (Å²) in [6.45, 7) is 0.105. The number of nitrogens with zero attached hydrogens (tertiary/aromatic N) is 1. The van der Waals surface area contributed by atoms with Crippen molar-refractivity contribution in [2.75, 3.05) is 21.3 Å². The van der Waals surface area contributed by atoms with Crippen molar-refractivity contribution >= 4 is 23.2 Å². The van der Waals surface area contributed by atoms with Crippen molar-refractivity contribution in [1.29, 1.82) is 0 Å². The number of ether oxygens (including phenoxy) is 3. The number of thiazole rings is 1. The second-order valence-corrected chi connectivity index (χ2v) is 5.46. The van der Waals surface area contributed by atoms with Gasteiger partial charge in [0, 0.05) is 17.5 Å². The summed E-state index contributed by atoms with van der Waals surface area (Å²) in [6, 6.07) is 3.07. The molecule has 0 saturated carbocycles. The number of benzene rings is 1. The summed E-state index contributed by atoms with van der Waals surface area (Å²) in [7, 11) is 4.40. The highest BCUT2D eigenvalue weighted by Crippen LogP contribution is 2.34. The molecule has 2 N–H and O–H groups in total. The summed E-state index contributed by atoms with van der Waals surface area (Å²) in [5, 5.41) is 13.4. The third-order valence-corrected chi connectivity index (χ3v) is 3.97. The Morgan fingerprint density at radius 2 is 1.75 bits per heavy atom. The molecule has 0 atom stereocenters. The van der Waals surface area contributed by atoms with Crippen LogP contribution in [0.4, 0.5) is 0 Å². The Labute approximate surface area is 142 Å². The number of carboxylic acids is 1. The molecule has 0 aliphatic rings. The van der Waals surface area contributed by atoms with Gasteiger partial charge in [0.05, 0.1) is 33.4 Å². The highest BCUT2D eigenvalue weighted by atomic mass is 32.1. The van der Waals surface area contributed by atoms with Gasteiger partial charge in [-0.1, -0.05) is 0 Å². The maximum absolute atomic E-state index is 12.4. The number of amides is 1. The Morgan fingerprint density at radius 1 is 1.12 bits per heavy atom. The van der Waals surface area contributed by atoms with E-state index in [2.05, 4.69) is 10.3 Å². The number of rotatable bonds is 7. The molecule has 1 aromatic carbocycles. The van der Waals surface area contributed by atoms with Gasteiger partial charge in [-0.05, 0) is 0 Å². The Hall–Kier alpha value is -2.81. The van der Waals surface area contributed by atoms with Crippen LogP contribution < -0.4 is 19.5 Å². The zero-order chi connectivity index (χ0) is 17.7. The van der Waals surface area contributed by atoms with Gasteiger partial charge in [0.25, 0.3) is 5.91 Å². The first-order chi connectivity index (χ1) is 11.5. The first-order valence-electron chi connectivity index (χ1n) is 6.76. The van der Waals surface area contributed by atoms with E-state index in [0.717, 1.165) is 11.3 Å². The van der Waals surface area contributed by atoms with E-state index in [0.29, 0.717) is 22.3 Å². The maximum Gasteiger partial charge on any atom is 0.355 e. The minimum absolute atomic E-state index is 0.0482. The van der Waals surface area contributed by atoms with E-state index in [4.69, 9.17) is 19.3 Å². The first kappa shape index (κ1) is 17.5. The molecule has 0 unspecified atom stereocenters. The summed E-state index contributed by atoms with van der Waals surface area (Å²) in [5.74, 6) is -0.344. The molecule has 1 heterocycles. The molecule has 2 rings (SSSR count). The van der Waals surface area contributed by atoms with Gasteiger partial charge >= 0.3 is 5.97 Å². The smallest absolute Gasteiger partial charge is 0.355 e. The molecular weight excluding hydrogens is 336 g/mol. The largest absolute Gasteiger partial charge is 0.496 e. The summed E-state index contributed by atoms with van der Waals surface area (Å²) < 4.78 is 15.6. The molecule has 0 aliphatic carbocycles. The molecule has 0 fully saturated rings. The lowest BCUT2D eigenvalue weighted by molar-refractivity contribution is 0.0691. The number of carbonyl (C=O) groups is 2. The zero-order valence-corrected chi connectivity index (χ0v) is 14.1. The second kappa shape index (κ2) is 7.64. The standard InChI is InChI=1S/C15H16N2O6S/c1-21-10-5-12(23-3)11(22-2)4-8(10)14(18)16-6-13-17-9(7-24-13)15(19)20/h4-5,7H,6H2,1-3H3,(H,16,18)(H,19,20). The van der Waals surface area contributed by atoms with E-state index >= 15 is 0 Å². The van der Waals surface area contributed by atoms with E-state index in [9.17, 15) is 9.59 Å². The molecule has 8 nitrogen and oxygen atoms in total. The van der Waals surface area contributed by atoms with Crippen LogP contribution in [0.15, 0.2) is 17.5 Å². The Balaban J connectivity index is 2.17. The molecule has 1 aromatic heterocycles. The molecule has 0 aliphatic heterocycles. The minimum atomic E-state index is -1.11. The number of aromatic carboxylic acids is 1. The minimum Gasteiger partial charge on any atom is -0.496 e. The van der Waals surface area contributed by atoms with Crippen LogP contribution >= 0.6 is 11.3 Å². The predicted molar refractivity (Wildman–Crippen MR) is 86.3 cm³/mol. The molecule has 128 valence electrons. The highest BCUT2D eigenvalue weighted by Gasteiger charge is 2.18. The van der Waals surface area contributed by atoms with Gasteiger partial charge in [-0.3, -0.25) is 4.79 Å². The number of carbonyl (C=O) groups excluding carboxylic acids is 1. The number of hydrogen-bond acceptors (Lipinski definition) is 7. The number of aromatic nitrogens is 1. The molecule has 0 bridgehead atoms. The molecule has 9 heteroatoms. The quantitative estimate of drug-likeness (QED) is 0.782. The van der Waals surface area contributed by atoms with E-state index in [1.807, 2.05) is 0 Å². The fourth-order valence-electron chi connectivity index (χ4n) is 1.95. The average molecular weight is 352 g/mol. The van der Waals surface area contributed by atoms with Crippen molar-refractivity contribution in [3.63, 3.8) is 0 Å². The van der Waals surface area contributed by atoms with Gasteiger partial charge in [0.2, 0.25) is 0 Å². The van der Waals surface area contributed by atoms with Gasteiger partial charge in [0.1, 0.15) is 10.8 Å². The Morgan fingerprint density at radius 3 is 2.29 bits per heavy atom. The van der Waals surface area contributed by atoms with Crippen molar-refractivity contribution in [2.24, 2.45) is 0 Å². The predicted octanol–water partition coefficient (Wildman–Crippen LogP) is 1.80. The first-order valence-corrected chi connectivity index (χ1v) is 7.64. The van der Waals surface area contributed by atoms with Gasteiger partial charge in [-0.25, -0.2) is 9.78 Å². The lowest BCUT2D eigenvalue weighted by Crippen LogP contribution is -2.23. The number of hydrogen-bond donors (Lipinski definition) is 2. The zero-order valence-electron chi connectivity index (χ0n) is 13.3. The molecular formula is C15H16N2O6S. The summed E-state index contributed by atoms with van der Waals surface area (Å²) in [6.07, 6.45) is 0. The van der Waals surface area contributed by atoms with Crippen molar-refractivity contribution in [1.82, 2.24) is 10.3 Å². The third kappa shape index (κ3) is 3.74. The molecule has 2 aromatic rings. The van der Waals surface area contributed by atoms with Crippen LogP contribution in [-0.4, -0.2) is 43.3 Å². The fourth-order valence-corrected chi connectivity index (χ4v) is 2.66. The number of nitrogens with one attached hydrogen (secondary N) is 1. The van der Waals surface area contributed by atoms with Crippen LogP contribution in [-0.2, 0) is 6.54 Å². The van der Waals surface area contributed by atoms with Crippen LogP contribution in [0.5, 0.6) is 17.2 Å². The lowest BCUT2D eigenvalue weighted by Gasteiger charge is -2.13. The van der Waals surface area contributed by atoms with E-state index in [-0.39, 0.29) is 17.8 Å². The highest BCUT2D eigenvalue weighted by molar-refractivity contribution is 7.09. The Bertz CT molecular complexity index is 758. The van der Waals surface area contributed by atoms with Gasteiger partial charge in [-0.2, -0.15) is 0 Å². The van der Waals surface area contributed by atoms with E-state index in [1.54, 1.807) is 6.07 Å². The van der Waals surface area contributed by atoms with Crippen LogP contribution in [0.2, 0.25) is 0 Å². The maximum atomic E-state index is 12.4. The van der Waals surface area contributed by atoms with Crippen molar-refractivity contribution in [3.05, 3.63) is 33.8 Å². The molecule has 1 amide bonds. The monoisotopic (exact) mass is 352 g/mol. The van der Waals surface area contributed by atoms with Crippen LogP contribution in [0.1, 0.15) is 25.9 Å². The van der Waals surface area contributed by atoms with Crippen LogP contribution in [0, 0.1) is 0 Å². The summed E-state index contributed by atoms with van der Waals surface area (Å²) in [4.78, 5) is 27.1. The normalized spacial score (nSPS) is 10.1. The topological polar surface area (TPSA) is 107 Å².